The van der Waals surface area contributed by atoms with Crippen LogP contribution in [0.5, 0.6) is 0 Å². The summed E-state index contributed by atoms with van der Waals surface area (Å²) in [5.41, 5.74) is 0.545. The molecule has 2 heteroatoms. The Morgan fingerprint density at radius 1 is 1.50 bits per heavy atom. The van der Waals surface area contributed by atoms with E-state index < -0.39 is 0 Å². The first-order chi connectivity index (χ1) is 5.68. The highest BCUT2D eigenvalue weighted by Gasteiger charge is 1.98. The van der Waals surface area contributed by atoms with Crippen molar-refractivity contribution in [1.82, 2.24) is 5.32 Å². The molecule has 0 aliphatic heterocycles. The molecule has 0 bridgehead atoms. The van der Waals surface area contributed by atoms with E-state index in [0.29, 0.717) is 5.57 Å². The molecule has 0 unspecified atom stereocenters. The smallest absolute Gasteiger partial charge is 0.246 e. The van der Waals surface area contributed by atoms with Gasteiger partial charge in [0, 0.05) is 12.1 Å². The van der Waals surface area contributed by atoms with Crippen LogP contribution < -0.4 is 5.32 Å². The van der Waals surface area contributed by atoms with Crippen LogP contribution in [0.4, 0.5) is 0 Å². The van der Waals surface area contributed by atoms with E-state index in [4.69, 9.17) is 0 Å². The van der Waals surface area contributed by atoms with Gasteiger partial charge in [-0.1, -0.05) is 32.8 Å². The first-order valence-electron chi connectivity index (χ1n) is 4.25. The molecule has 0 heterocycles. The van der Waals surface area contributed by atoms with Gasteiger partial charge in [0.1, 0.15) is 0 Å². The number of carbonyl (C=O) groups is 1. The van der Waals surface area contributed by atoms with Crippen molar-refractivity contribution in [1.29, 1.82) is 0 Å². The molecule has 2 nitrogen and oxygen atoms in total. The van der Waals surface area contributed by atoms with Crippen molar-refractivity contribution in [2.45, 2.75) is 32.6 Å². The van der Waals surface area contributed by atoms with Crippen LogP contribution in [-0.2, 0) is 4.79 Å². The third-order valence-electron chi connectivity index (χ3n) is 1.47. The fraction of sp³-hybridized carbons (Fsp3) is 0.500. The van der Waals surface area contributed by atoms with Crippen LogP contribution in [0, 0.1) is 13.5 Å². The lowest BCUT2D eigenvalue weighted by Crippen LogP contribution is -2.20. The quantitative estimate of drug-likeness (QED) is 0.477. The average Bonchev–Trinajstić information content (AvgIpc) is 2.03. The van der Waals surface area contributed by atoms with Gasteiger partial charge < -0.3 is 5.32 Å². The zero-order valence-corrected chi connectivity index (χ0v) is 7.73. The molecule has 12 heavy (non-hydrogen) atoms. The van der Waals surface area contributed by atoms with Crippen LogP contribution in [0.25, 0.3) is 0 Å². The molecule has 0 rings (SSSR count). The van der Waals surface area contributed by atoms with Crippen molar-refractivity contribution in [3.8, 4) is 0 Å². The van der Waals surface area contributed by atoms with Gasteiger partial charge in [-0.15, -0.1) is 0 Å². The second-order valence-corrected chi connectivity index (χ2v) is 2.81. The Balaban J connectivity index is 3.20. The first kappa shape index (κ1) is 11.2. The fourth-order valence-corrected chi connectivity index (χ4v) is 0.711. The van der Waals surface area contributed by atoms with Crippen LogP contribution >= 0.6 is 0 Å². The summed E-state index contributed by atoms with van der Waals surface area (Å²) < 4.78 is 0. The number of carbonyl (C=O) groups excluding carboxylic acids is 1. The molecule has 0 saturated carbocycles. The van der Waals surface area contributed by atoms with Crippen molar-refractivity contribution >= 4 is 5.91 Å². The van der Waals surface area contributed by atoms with E-state index >= 15 is 0 Å². The Morgan fingerprint density at radius 2 is 2.17 bits per heavy atom. The molecule has 0 atom stereocenters. The predicted octanol–water partition coefficient (Wildman–Crippen LogP) is 2.23. The van der Waals surface area contributed by atoms with Crippen molar-refractivity contribution in [3.05, 3.63) is 25.6 Å². The van der Waals surface area contributed by atoms with E-state index in [2.05, 4.69) is 18.8 Å². The normalized spacial score (nSPS) is 9.50. The second-order valence-electron chi connectivity index (χ2n) is 2.81. The summed E-state index contributed by atoms with van der Waals surface area (Å²) in [4.78, 5) is 10.9. The maximum Gasteiger partial charge on any atom is 0.246 e. The van der Waals surface area contributed by atoms with E-state index in [9.17, 15) is 4.79 Å². The van der Waals surface area contributed by atoms with Gasteiger partial charge in [0.05, 0.1) is 0 Å². The highest BCUT2D eigenvalue weighted by atomic mass is 16.1. The van der Waals surface area contributed by atoms with E-state index in [1.54, 1.807) is 13.5 Å². The Morgan fingerprint density at radius 3 is 2.67 bits per heavy atom. The lowest BCUT2D eigenvalue weighted by atomic mass is 10.2. The van der Waals surface area contributed by atoms with E-state index in [1.807, 2.05) is 0 Å². The van der Waals surface area contributed by atoms with Crippen LogP contribution in [0.3, 0.4) is 0 Å². The standard InChI is InChI=1S/C10H17NO/c1-4-5-6-7-8-11-10(12)9(2)3/h8H,1-2,4-7H2,3H3,(H,11,12). The lowest BCUT2D eigenvalue weighted by molar-refractivity contribution is -0.116. The number of unbranched alkanes of at least 4 members (excludes halogenated alkanes) is 3. The highest BCUT2D eigenvalue weighted by molar-refractivity contribution is 5.92. The summed E-state index contributed by atoms with van der Waals surface area (Å²) in [6.45, 7) is 10.7. The van der Waals surface area contributed by atoms with Crippen LogP contribution in [0.2, 0.25) is 0 Å². The monoisotopic (exact) mass is 167 g/mol. The van der Waals surface area contributed by atoms with Gasteiger partial charge in [-0.05, 0) is 13.3 Å². The van der Waals surface area contributed by atoms with Crippen molar-refractivity contribution in [2.75, 3.05) is 0 Å². The van der Waals surface area contributed by atoms with Gasteiger partial charge in [-0.2, -0.15) is 0 Å². The summed E-state index contributed by atoms with van der Waals surface area (Å²) in [5, 5.41) is 2.66. The third kappa shape index (κ3) is 5.96. The number of hydrogen-bond acceptors (Lipinski definition) is 1. The van der Waals surface area contributed by atoms with Gasteiger partial charge >= 0.3 is 0 Å². The Labute approximate surface area is 75.0 Å². The number of rotatable bonds is 6. The van der Waals surface area contributed by atoms with Crippen molar-refractivity contribution in [3.63, 3.8) is 0 Å². The van der Waals surface area contributed by atoms with Crippen LogP contribution in [-0.4, -0.2) is 5.91 Å². The molecule has 0 aromatic carbocycles. The molecule has 0 aromatic rings. The molecule has 1 N–H and O–H groups in total. The molecule has 68 valence electrons. The van der Waals surface area contributed by atoms with E-state index in [0.717, 1.165) is 25.7 Å². The average molecular weight is 167 g/mol. The van der Waals surface area contributed by atoms with Crippen LogP contribution in [0.15, 0.2) is 12.2 Å². The molecular weight excluding hydrogens is 150 g/mol. The minimum absolute atomic E-state index is 0.0929. The highest BCUT2D eigenvalue weighted by Crippen LogP contribution is 1.99. The van der Waals surface area contributed by atoms with Crippen molar-refractivity contribution in [2.24, 2.45) is 0 Å². The van der Waals surface area contributed by atoms with Crippen LogP contribution in [0.1, 0.15) is 32.6 Å². The van der Waals surface area contributed by atoms with E-state index in [-0.39, 0.29) is 5.91 Å². The van der Waals surface area contributed by atoms with Gasteiger partial charge in [-0.3, -0.25) is 4.79 Å². The number of nitrogens with one attached hydrogen (secondary N) is 1. The zero-order chi connectivity index (χ0) is 9.40. The Hall–Kier alpha value is -0.790. The topological polar surface area (TPSA) is 29.1 Å². The fourth-order valence-electron chi connectivity index (χ4n) is 0.711. The molecule has 0 aliphatic carbocycles. The Bertz CT molecular complexity index is 152. The summed E-state index contributed by atoms with van der Waals surface area (Å²) >= 11 is 0. The van der Waals surface area contributed by atoms with Gasteiger partial charge in [-0.25, -0.2) is 0 Å². The minimum Gasteiger partial charge on any atom is -0.348 e. The summed E-state index contributed by atoms with van der Waals surface area (Å²) in [6.07, 6.45) is 4.07. The first-order valence-corrected chi connectivity index (χ1v) is 4.25. The van der Waals surface area contributed by atoms with E-state index in [1.165, 1.54) is 0 Å². The third-order valence-corrected chi connectivity index (χ3v) is 1.47. The Kier molecular flexibility index (Phi) is 6.44. The molecule has 1 amide bonds. The van der Waals surface area contributed by atoms with Gasteiger partial charge in [0.25, 0.3) is 0 Å². The maximum absolute atomic E-state index is 10.9. The molecular formula is C10H17NO. The van der Waals surface area contributed by atoms with Crippen molar-refractivity contribution < 1.29 is 4.79 Å². The summed E-state index contributed by atoms with van der Waals surface area (Å²) in [7, 11) is 0. The van der Waals surface area contributed by atoms with Gasteiger partial charge in [0.2, 0.25) is 5.91 Å². The molecule has 2 radical (unpaired) electrons. The minimum atomic E-state index is -0.0929. The molecule has 0 aliphatic rings. The molecule has 0 spiro atoms. The second kappa shape index (κ2) is 6.89. The summed E-state index contributed by atoms with van der Waals surface area (Å²) in [5.74, 6) is -0.0929. The summed E-state index contributed by atoms with van der Waals surface area (Å²) in [6, 6.07) is 0. The maximum atomic E-state index is 10.9. The largest absolute Gasteiger partial charge is 0.348 e. The SMILES string of the molecule is [CH2]CCCC[CH]NC(=O)C(=C)C. The lowest BCUT2D eigenvalue weighted by Gasteiger charge is -2.02. The molecule has 0 fully saturated rings. The van der Waals surface area contributed by atoms with Gasteiger partial charge in [0.15, 0.2) is 0 Å². The number of hydrogen-bond donors (Lipinski definition) is 1. The molecule has 0 aromatic heterocycles. The molecule has 0 saturated heterocycles. The predicted molar refractivity (Wildman–Crippen MR) is 51.1 cm³/mol. The zero-order valence-electron chi connectivity index (χ0n) is 7.73. The number of amides is 1.